The fraction of sp³-hybridized carbons (Fsp3) is 0.632. The van der Waals surface area contributed by atoms with E-state index in [1.807, 2.05) is 0 Å². The second kappa shape index (κ2) is 38.2. The minimum absolute atomic E-state index is 0.0140. The first-order valence-electron chi connectivity index (χ1n) is 31.4. The molecule has 8 amide bonds. The standard InChI is InChI=1S/C57H89N19O21S2/c1-22-35(73-48(76-46(22)61)27(14-33(60)80)68-15-26(59)47(62)86)52(90)75-37(43(28-16-65-21-69-28)95-56-45(41(84)39(82)31(17-77)94-56)96-55-42(85)44(97-57(63)92)40(83)32(18-78)93-55)53(91)70-24(3)38(81)23(2)49(87)74-36(25(4)79)51(89)67-13-8-34-71-30(20-98-34)54-72-29(19-99-54)50(88)66-12-7-11-64-10-6-5-9-58/h16,19-21,23-27,31-32,36-45,55-56,64,68,77-79,81-85H,5-15,17-18,58-59H2,1-4H3,(H2,60,80)(H2,62,86)(H2,63,92)(H,65,69)(H,66,88)(H,67,89)(H,70,91)(H,74,87)(H,75,90)(H2,61,73,76)/t23-,24+,25+,26-,27-,31-,32+,36?,37-,38-,39+,40+,41-,42-,43-,44-,45-,55+,56-/m0/s1. The summed E-state index contributed by atoms with van der Waals surface area (Å²) in [4.78, 5) is 131. The number of unbranched alkanes of at least 4 members (excludes halogenated alkanes) is 1. The van der Waals surface area contributed by atoms with E-state index in [4.69, 9.17) is 58.1 Å². The number of imidazole rings is 1. The van der Waals surface area contributed by atoms with Crippen LogP contribution in [-0.2, 0) is 54.1 Å². The second-order valence-electron chi connectivity index (χ2n) is 23.4. The van der Waals surface area contributed by atoms with Crippen molar-refractivity contribution >= 4 is 75.9 Å². The van der Waals surface area contributed by atoms with Gasteiger partial charge in [-0.2, -0.15) is 0 Å². The average molecular weight is 1440 g/mol. The first-order chi connectivity index (χ1) is 47.0. The van der Waals surface area contributed by atoms with Crippen LogP contribution in [-0.4, -0.2) is 268 Å². The number of aliphatic hydroxyl groups is 8. The second-order valence-corrected chi connectivity index (χ2v) is 25.2. The van der Waals surface area contributed by atoms with E-state index in [2.05, 4.69) is 67.1 Å². The number of anilines is 1. The van der Waals surface area contributed by atoms with Crippen molar-refractivity contribution < 1.29 is 103 Å². The number of H-pyrrole nitrogens is 1. The molecule has 2 aliphatic heterocycles. The smallest absolute Gasteiger partial charge is 0.404 e. The van der Waals surface area contributed by atoms with Crippen molar-refractivity contribution in [2.24, 2.45) is 34.6 Å². The molecular formula is C57H89N19O21S2. The molecular weight excluding hydrogens is 1350 g/mol. The molecule has 0 bridgehead atoms. The van der Waals surface area contributed by atoms with Gasteiger partial charge >= 0.3 is 6.09 Å². The number of ether oxygens (including phenoxy) is 5. The lowest BCUT2D eigenvalue weighted by Crippen LogP contribution is -2.65. The largest absolute Gasteiger partial charge is 0.441 e. The number of aromatic nitrogens is 6. The number of thiazole rings is 2. The highest BCUT2D eigenvalue weighted by Gasteiger charge is 2.54. The minimum atomic E-state index is -2.20. The predicted molar refractivity (Wildman–Crippen MR) is 346 cm³/mol. The van der Waals surface area contributed by atoms with Crippen molar-refractivity contribution in [1.82, 2.24) is 67.1 Å². The fourth-order valence-corrected chi connectivity index (χ4v) is 11.8. The highest BCUT2D eigenvalue weighted by atomic mass is 32.1. The molecule has 0 spiro atoms. The van der Waals surface area contributed by atoms with Gasteiger partial charge < -0.3 is 141 Å². The van der Waals surface area contributed by atoms with Crippen LogP contribution in [0.25, 0.3) is 10.7 Å². The summed E-state index contributed by atoms with van der Waals surface area (Å²) in [6.07, 6.45) is -22.5. The molecule has 40 nitrogen and oxygen atoms in total. The SMILES string of the molecule is Cc1c(N)nc([C@H](CC(N)=O)NC[C@H](N)C(N)=O)nc1C(=O)N[C@H](C(=O)N[C@H](C)[C@@H](O)[C@H](C)C(=O)NC(C(=O)NCCc1nc(-c2nc(C(=O)NCCCNCCCCN)cs2)cs1)[C@@H](C)O)[C@@H](O[C@@H]1O[C@@H](CO)[C@@H](O)[C@H](O)[C@@H]1O[C@H]1O[C@H](CO)[C@@H](O)[C@H](OC(N)=O)[C@@H]1O)c1cnc[nH]1. The molecule has 2 aliphatic rings. The Hall–Kier alpha value is -7.73. The van der Waals surface area contributed by atoms with Crippen LogP contribution in [0, 0.1) is 12.8 Å². The zero-order valence-corrected chi connectivity index (χ0v) is 56.0. The molecule has 42 heteroatoms. The monoisotopic (exact) mass is 1440 g/mol. The van der Waals surface area contributed by atoms with Gasteiger partial charge in [-0.3, -0.25) is 33.6 Å². The number of carbonyl (C=O) groups is 8. The van der Waals surface area contributed by atoms with E-state index in [1.165, 1.54) is 50.4 Å². The number of primary amides is 3. The number of carbonyl (C=O) groups excluding carboxylic acids is 8. The third kappa shape index (κ3) is 22.1. The minimum Gasteiger partial charge on any atom is -0.441 e. The van der Waals surface area contributed by atoms with E-state index in [-0.39, 0.29) is 54.0 Å². The number of nitrogens with one attached hydrogen (secondary N) is 8. The van der Waals surface area contributed by atoms with Gasteiger partial charge in [-0.1, -0.05) is 6.92 Å². The van der Waals surface area contributed by atoms with Crippen molar-refractivity contribution in [3.05, 3.63) is 56.8 Å². The Morgan fingerprint density at radius 2 is 1.44 bits per heavy atom. The molecule has 2 fully saturated rings. The summed E-state index contributed by atoms with van der Waals surface area (Å²) in [5.41, 5.74) is 33.6. The van der Waals surface area contributed by atoms with E-state index in [0.717, 1.165) is 44.9 Å². The quantitative estimate of drug-likeness (QED) is 0.0185. The predicted octanol–water partition coefficient (Wildman–Crippen LogP) is -8.25. The maximum Gasteiger partial charge on any atom is 0.404 e. The Kier molecular flexibility index (Phi) is 30.9. The molecule has 0 aliphatic carbocycles. The van der Waals surface area contributed by atoms with Crippen LogP contribution < -0.4 is 71.6 Å². The molecule has 0 saturated carbocycles. The summed E-state index contributed by atoms with van der Waals surface area (Å²) in [5, 5.41) is 111. The third-order valence-electron chi connectivity index (χ3n) is 15.9. The molecule has 6 heterocycles. The van der Waals surface area contributed by atoms with E-state index >= 15 is 4.79 Å². The van der Waals surface area contributed by atoms with E-state index in [0.29, 0.717) is 28.8 Å². The Balaban J connectivity index is 1.23. The summed E-state index contributed by atoms with van der Waals surface area (Å²) in [6, 6.07) is -7.87. The number of aliphatic hydroxyl groups excluding tert-OH is 8. The summed E-state index contributed by atoms with van der Waals surface area (Å²) in [5.74, 6) is -8.74. The summed E-state index contributed by atoms with van der Waals surface area (Å²) >= 11 is 2.50. The van der Waals surface area contributed by atoms with Gasteiger partial charge in [0.2, 0.25) is 29.5 Å². The van der Waals surface area contributed by atoms with Crippen molar-refractivity contribution in [2.75, 3.05) is 58.2 Å². The zero-order valence-electron chi connectivity index (χ0n) is 54.4. The molecule has 28 N–H and O–H groups in total. The lowest BCUT2D eigenvalue weighted by atomic mass is 9.96. The van der Waals surface area contributed by atoms with Crippen LogP contribution in [0.3, 0.4) is 0 Å². The van der Waals surface area contributed by atoms with Gasteiger partial charge in [-0.25, -0.2) is 29.7 Å². The summed E-state index contributed by atoms with van der Waals surface area (Å²) < 4.78 is 28.7. The highest BCUT2D eigenvalue weighted by molar-refractivity contribution is 7.14. The highest BCUT2D eigenvalue weighted by Crippen LogP contribution is 2.35. The van der Waals surface area contributed by atoms with Crippen molar-refractivity contribution in [2.45, 2.75) is 170 Å². The molecule has 1 unspecified atom stereocenters. The van der Waals surface area contributed by atoms with Crippen molar-refractivity contribution in [1.29, 1.82) is 0 Å². The average Bonchev–Trinajstić information content (AvgIpc) is 1.07. The first-order valence-corrected chi connectivity index (χ1v) is 33.1. The molecule has 6 rings (SSSR count). The van der Waals surface area contributed by atoms with Crippen LogP contribution >= 0.6 is 22.7 Å². The molecule has 4 aromatic rings. The Morgan fingerprint density at radius 3 is 2.09 bits per heavy atom. The Bertz CT molecular complexity index is 3320. The van der Waals surface area contributed by atoms with Gasteiger partial charge in [0.05, 0.1) is 72.7 Å². The summed E-state index contributed by atoms with van der Waals surface area (Å²) in [6.45, 7) is 5.29. The van der Waals surface area contributed by atoms with Crippen LogP contribution in [0.15, 0.2) is 23.3 Å². The first kappa shape index (κ1) is 80.2. The topological polar surface area (TPSA) is 665 Å². The number of nitrogens with two attached hydrogens (primary N) is 6. The molecule has 19 atom stereocenters. The Labute approximate surface area is 573 Å². The third-order valence-corrected chi connectivity index (χ3v) is 17.7. The normalized spacial score (nSPS) is 23.6. The van der Waals surface area contributed by atoms with Crippen LogP contribution in [0.5, 0.6) is 0 Å². The number of amides is 8. The number of nitrogens with zero attached hydrogens (tertiary/aromatic N) is 5. The van der Waals surface area contributed by atoms with Gasteiger partial charge in [0.1, 0.15) is 94.6 Å². The maximum atomic E-state index is 15.2. The molecule has 0 aromatic carbocycles. The van der Waals surface area contributed by atoms with E-state index in [9.17, 15) is 74.4 Å². The van der Waals surface area contributed by atoms with E-state index < -0.39 is 183 Å². The number of aromatic amines is 1. The molecule has 4 aromatic heterocycles. The van der Waals surface area contributed by atoms with Gasteiger partial charge in [0.15, 0.2) is 18.7 Å². The lowest BCUT2D eigenvalue weighted by molar-refractivity contribution is -0.372. The van der Waals surface area contributed by atoms with Crippen LogP contribution in [0.1, 0.15) is 102 Å². The van der Waals surface area contributed by atoms with Crippen molar-refractivity contribution in [3.63, 3.8) is 0 Å². The van der Waals surface area contributed by atoms with Crippen molar-refractivity contribution in [3.8, 4) is 10.7 Å². The Morgan fingerprint density at radius 1 is 0.747 bits per heavy atom. The van der Waals surface area contributed by atoms with Crippen LogP contribution in [0.4, 0.5) is 10.6 Å². The summed E-state index contributed by atoms with van der Waals surface area (Å²) in [7, 11) is 0. The zero-order chi connectivity index (χ0) is 72.9. The lowest BCUT2D eigenvalue weighted by Gasteiger charge is -2.47. The maximum absolute atomic E-state index is 15.2. The van der Waals surface area contributed by atoms with E-state index in [1.54, 1.807) is 10.8 Å². The number of hydrogen-bond acceptors (Lipinski definition) is 33. The van der Waals surface area contributed by atoms with Crippen LogP contribution in [0.2, 0.25) is 0 Å². The molecule has 0 radical (unpaired) electrons. The molecule has 2 saturated heterocycles. The number of nitrogen functional groups attached to an aromatic ring is 1. The molecule has 550 valence electrons. The van der Waals surface area contributed by atoms with Gasteiger partial charge in [-0.15, -0.1) is 22.7 Å². The number of hydrogen-bond donors (Lipinski definition) is 22. The van der Waals surface area contributed by atoms with Gasteiger partial charge in [0.25, 0.3) is 11.8 Å². The number of rotatable bonds is 39. The van der Waals surface area contributed by atoms with Gasteiger partial charge in [-0.05, 0) is 59.7 Å². The molecule has 99 heavy (non-hydrogen) atoms. The fourth-order valence-electron chi connectivity index (χ4n) is 10.2. The van der Waals surface area contributed by atoms with Gasteiger partial charge in [0, 0.05) is 48.8 Å².